The Morgan fingerprint density at radius 2 is 1.87 bits per heavy atom. The number of fused-ring (bicyclic) bond motifs is 4. The van der Waals surface area contributed by atoms with Gasteiger partial charge in [0.2, 0.25) is 5.53 Å². The molecule has 0 amide bonds. The molecule has 0 saturated carbocycles. The van der Waals surface area contributed by atoms with Crippen LogP contribution in [-0.4, -0.2) is 17.3 Å². The van der Waals surface area contributed by atoms with Crippen LogP contribution < -0.4 is 0 Å². The molecule has 2 atom stereocenters. The highest BCUT2D eigenvalue weighted by Crippen LogP contribution is 2.71. The highest BCUT2D eigenvalue weighted by molar-refractivity contribution is 8.12. The lowest BCUT2D eigenvalue weighted by Gasteiger charge is -2.35. The third-order valence-corrected chi connectivity index (χ3v) is 8.14. The summed E-state index contributed by atoms with van der Waals surface area (Å²) in [5, 5.41) is 20.3. The molecular weight excluding hydrogens is 231 g/mol. The maximum absolute atomic E-state index is 10.2. The van der Waals surface area contributed by atoms with Crippen LogP contribution >= 0.6 is 6.26 Å². The van der Waals surface area contributed by atoms with Crippen LogP contribution in [-0.2, 0) is 21.9 Å². The molecule has 2 aliphatic rings. The average molecular weight is 244 g/mol. The Morgan fingerprint density at radius 1 is 1.33 bits per heavy atom. The number of benzene rings is 1. The molecule has 15 heavy (non-hydrogen) atoms. The summed E-state index contributed by atoms with van der Waals surface area (Å²) in [6.45, 7) is 1.88. The van der Waals surface area contributed by atoms with Gasteiger partial charge in [0.05, 0.1) is 0 Å². The molecule has 1 aromatic carbocycles. The molecule has 3 rings (SSSR count). The van der Waals surface area contributed by atoms with Gasteiger partial charge in [-0.25, -0.2) is 0 Å². The first kappa shape index (κ1) is 11.2. The Kier molecular flexibility index (Phi) is 2.53. The van der Waals surface area contributed by atoms with E-state index in [1.54, 1.807) is 12.1 Å². The fourth-order valence-corrected chi connectivity index (χ4v) is 4.78. The summed E-state index contributed by atoms with van der Waals surface area (Å²) in [4.78, 5) is 0. The van der Waals surface area contributed by atoms with Crippen molar-refractivity contribution in [3.63, 3.8) is 0 Å². The SMILES string of the molecule is COP1(=S)C(C)c2ccc(cc2)C1(O)O. The van der Waals surface area contributed by atoms with Gasteiger partial charge < -0.3 is 14.7 Å². The first-order chi connectivity index (χ1) is 6.93. The molecule has 2 bridgehead atoms. The van der Waals surface area contributed by atoms with Gasteiger partial charge in [-0.05, 0) is 5.56 Å². The monoisotopic (exact) mass is 244 g/mol. The molecule has 3 nitrogen and oxygen atoms in total. The summed E-state index contributed by atoms with van der Waals surface area (Å²) in [5.74, 6) is 0. The van der Waals surface area contributed by atoms with E-state index >= 15 is 0 Å². The zero-order chi connectivity index (χ0) is 11.3. The van der Waals surface area contributed by atoms with Gasteiger partial charge in [0.25, 0.3) is 0 Å². The van der Waals surface area contributed by atoms with Crippen LogP contribution in [0.4, 0.5) is 0 Å². The largest absolute Gasteiger partial charge is 0.356 e. The Bertz CT molecular complexity index is 427. The number of rotatable bonds is 1. The minimum atomic E-state index is -2.74. The van der Waals surface area contributed by atoms with Crippen LogP contribution in [0, 0.1) is 0 Å². The zero-order valence-electron chi connectivity index (χ0n) is 8.54. The Morgan fingerprint density at radius 3 is 2.33 bits per heavy atom. The maximum Gasteiger partial charge on any atom is 0.242 e. The number of hydrogen-bond donors (Lipinski definition) is 2. The second-order valence-corrected chi connectivity index (χ2v) is 8.30. The molecule has 0 aliphatic carbocycles. The molecule has 0 saturated heterocycles. The first-order valence-electron chi connectivity index (χ1n) is 4.64. The van der Waals surface area contributed by atoms with Crippen LogP contribution in [0.5, 0.6) is 0 Å². The lowest BCUT2D eigenvalue weighted by atomic mass is 10.1. The van der Waals surface area contributed by atoms with Crippen LogP contribution in [0.1, 0.15) is 23.7 Å². The zero-order valence-corrected chi connectivity index (χ0v) is 10.3. The third-order valence-electron chi connectivity index (χ3n) is 3.00. The van der Waals surface area contributed by atoms with Crippen molar-refractivity contribution >= 4 is 18.1 Å². The maximum atomic E-state index is 10.2. The second-order valence-electron chi connectivity index (χ2n) is 3.71. The van der Waals surface area contributed by atoms with Crippen molar-refractivity contribution in [2.45, 2.75) is 18.1 Å². The van der Waals surface area contributed by atoms with Crippen molar-refractivity contribution in [3.05, 3.63) is 35.4 Å². The predicted molar refractivity (Wildman–Crippen MR) is 62.3 cm³/mol. The van der Waals surface area contributed by atoms with Crippen LogP contribution in [0.2, 0.25) is 0 Å². The highest BCUT2D eigenvalue weighted by atomic mass is 32.4. The minimum Gasteiger partial charge on any atom is -0.356 e. The molecule has 0 radical (unpaired) electrons. The molecule has 0 spiro atoms. The standard InChI is InChI=1S/C10H13O3PS/c1-7-8-3-5-9(6-4-8)10(11,12)14(7,15)13-2/h3-7,11-12H,1-2H3. The van der Waals surface area contributed by atoms with Crippen molar-refractivity contribution in [1.82, 2.24) is 0 Å². The van der Waals surface area contributed by atoms with E-state index in [-0.39, 0.29) is 5.66 Å². The van der Waals surface area contributed by atoms with Crippen LogP contribution in [0.15, 0.2) is 24.3 Å². The molecular formula is C10H13O3PS. The first-order valence-corrected chi connectivity index (χ1v) is 7.43. The van der Waals surface area contributed by atoms with Crippen LogP contribution in [0.3, 0.4) is 0 Å². The van der Waals surface area contributed by atoms with Crippen molar-refractivity contribution < 1.29 is 14.7 Å². The summed E-state index contributed by atoms with van der Waals surface area (Å²) in [6.07, 6.45) is -2.74. The van der Waals surface area contributed by atoms with Gasteiger partial charge in [-0.1, -0.05) is 43.0 Å². The summed E-state index contributed by atoms with van der Waals surface area (Å²) >= 11 is 5.36. The minimum absolute atomic E-state index is 0.153. The average Bonchev–Trinajstić information content (AvgIpc) is 2.36. The van der Waals surface area contributed by atoms with Gasteiger partial charge >= 0.3 is 0 Å². The molecule has 2 heterocycles. The summed E-state index contributed by atoms with van der Waals surface area (Å²) in [5.41, 5.74) is -0.767. The summed E-state index contributed by atoms with van der Waals surface area (Å²) < 4.78 is 5.27. The van der Waals surface area contributed by atoms with Gasteiger partial charge in [-0.15, -0.1) is 0 Å². The van der Waals surface area contributed by atoms with E-state index in [0.717, 1.165) is 5.56 Å². The Balaban J connectivity index is 2.72. The molecule has 1 aromatic rings. The molecule has 0 fully saturated rings. The normalized spacial score (nSPS) is 32.7. The smallest absolute Gasteiger partial charge is 0.242 e. The van der Waals surface area contributed by atoms with E-state index in [0.29, 0.717) is 5.56 Å². The van der Waals surface area contributed by atoms with E-state index in [4.69, 9.17) is 16.3 Å². The van der Waals surface area contributed by atoms with E-state index in [1.807, 2.05) is 19.1 Å². The van der Waals surface area contributed by atoms with E-state index in [9.17, 15) is 10.2 Å². The lowest BCUT2D eigenvalue weighted by molar-refractivity contribution is -0.0962. The second kappa shape index (κ2) is 3.37. The fourth-order valence-electron chi connectivity index (χ4n) is 1.92. The third kappa shape index (κ3) is 1.33. The van der Waals surface area contributed by atoms with Gasteiger partial charge in [0, 0.05) is 18.3 Å². The van der Waals surface area contributed by atoms with Crippen molar-refractivity contribution in [2.75, 3.05) is 7.11 Å². The van der Waals surface area contributed by atoms with Crippen molar-refractivity contribution in [2.24, 2.45) is 0 Å². The van der Waals surface area contributed by atoms with Crippen molar-refractivity contribution in [3.8, 4) is 0 Å². The van der Waals surface area contributed by atoms with E-state index in [2.05, 4.69) is 0 Å². The van der Waals surface area contributed by atoms with Gasteiger partial charge in [-0.2, -0.15) is 0 Å². The number of hydrogen-bond acceptors (Lipinski definition) is 4. The van der Waals surface area contributed by atoms with Gasteiger partial charge in [0.1, 0.15) is 6.26 Å². The van der Waals surface area contributed by atoms with Crippen molar-refractivity contribution in [1.29, 1.82) is 0 Å². The molecule has 2 unspecified atom stereocenters. The highest BCUT2D eigenvalue weighted by Gasteiger charge is 2.49. The molecule has 82 valence electrons. The Labute approximate surface area is 93.8 Å². The molecule has 2 aliphatic heterocycles. The van der Waals surface area contributed by atoms with Gasteiger partial charge in [-0.3, -0.25) is 0 Å². The Hall–Kier alpha value is -0.250. The lowest BCUT2D eigenvalue weighted by Crippen LogP contribution is -2.26. The predicted octanol–water partition coefficient (Wildman–Crippen LogP) is 1.90. The summed E-state index contributed by atoms with van der Waals surface area (Å²) in [7, 11) is 1.45. The quantitative estimate of drug-likeness (QED) is 0.585. The van der Waals surface area contributed by atoms with Gasteiger partial charge in [0.15, 0.2) is 0 Å². The van der Waals surface area contributed by atoms with Crippen LogP contribution in [0.25, 0.3) is 0 Å². The molecule has 0 aromatic heterocycles. The van der Waals surface area contributed by atoms with E-state index < -0.39 is 11.8 Å². The number of aliphatic hydroxyl groups is 2. The fraction of sp³-hybridized carbons (Fsp3) is 0.400. The topological polar surface area (TPSA) is 49.7 Å². The molecule has 2 N–H and O–H groups in total. The molecule has 5 heteroatoms. The van der Waals surface area contributed by atoms with E-state index in [1.165, 1.54) is 7.11 Å². The summed E-state index contributed by atoms with van der Waals surface area (Å²) in [6, 6.07) is 7.13.